The van der Waals surface area contributed by atoms with E-state index in [1.165, 1.54) is 5.56 Å². The van der Waals surface area contributed by atoms with E-state index in [0.717, 1.165) is 30.0 Å². The summed E-state index contributed by atoms with van der Waals surface area (Å²) < 4.78 is 5.66. The van der Waals surface area contributed by atoms with Gasteiger partial charge in [0.2, 0.25) is 0 Å². The number of para-hydroxylation sites is 1. The molecule has 1 aliphatic heterocycles. The van der Waals surface area contributed by atoms with Gasteiger partial charge >= 0.3 is 0 Å². The van der Waals surface area contributed by atoms with E-state index < -0.39 is 0 Å². The second-order valence-corrected chi connectivity index (χ2v) is 4.12. The molecule has 0 bridgehead atoms. The fraction of sp³-hybridized carbons (Fsp3) is 0.231. The van der Waals surface area contributed by atoms with Gasteiger partial charge in [-0.05, 0) is 18.6 Å². The third-order valence-corrected chi connectivity index (χ3v) is 2.85. The van der Waals surface area contributed by atoms with Gasteiger partial charge in [-0.1, -0.05) is 12.1 Å². The predicted octanol–water partition coefficient (Wildman–Crippen LogP) is 1.97. The molecule has 1 aromatic heterocycles. The van der Waals surface area contributed by atoms with Crippen molar-refractivity contribution >= 4 is 5.82 Å². The van der Waals surface area contributed by atoms with Crippen LogP contribution in [0.15, 0.2) is 24.3 Å². The first-order valence-corrected chi connectivity index (χ1v) is 5.60. The Labute approximate surface area is 99.5 Å². The lowest BCUT2D eigenvalue weighted by Crippen LogP contribution is -1.98. The third-order valence-electron chi connectivity index (χ3n) is 2.85. The number of nitrogens with zero attached hydrogens (tertiary/aromatic N) is 2. The van der Waals surface area contributed by atoms with Crippen LogP contribution < -0.4 is 10.5 Å². The van der Waals surface area contributed by atoms with Crippen LogP contribution in [0.1, 0.15) is 11.4 Å². The van der Waals surface area contributed by atoms with Crippen LogP contribution in [0.2, 0.25) is 0 Å². The molecular weight excluding hydrogens is 214 g/mol. The Hall–Kier alpha value is -2.10. The number of ether oxygens (including phenoxy) is 1. The molecule has 0 radical (unpaired) electrons. The number of aryl methyl sites for hydroxylation is 1. The summed E-state index contributed by atoms with van der Waals surface area (Å²) >= 11 is 0. The van der Waals surface area contributed by atoms with Crippen molar-refractivity contribution in [1.82, 2.24) is 9.97 Å². The molecule has 0 amide bonds. The number of hydrogen-bond acceptors (Lipinski definition) is 4. The summed E-state index contributed by atoms with van der Waals surface area (Å²) in [5, 5.41) is 0. The highest BCUT2D eigenvalue weighted by atomic mass is 16.5. The average Bonchev–Trinajstić information content (AvgIpc) is 2.75. The van der Waals surface area contributed by atoms with Crippen LogP contribution in [-0.2, 0) is 6.42 Å². The number of rotatable bonds is 1. The molecule has 3 rings (SSSR count). The van der Waals surface area contributed by atoms with Crippen LogP contribution in [0.3, 0.4) is 0 Å². The quantitative estimate of drug-likeness (QED) is 0.809. The molecule has 0 aliphatic carbocycles. The second-order valence-electron chi connectivity index (χ2n) is 4.12. The molecule has 1 aromatic carbocycles. The first-order valence-electron chi connectivity index (χ1n) is 5.60. The molecule has 2 heterocycles. The largest absolute Gasteiger partial charge is 0.492 e. The van der Waals surface area contributed by atoms with E-state index >= 15 is 0 Å². The summed E-state index contributed by atoms with van der Waals surface area (Å²) in [6.07, 6.45) is 0.961. The third kappa shape index (κ3) is 1.71. The lowest BCUT2D eigenvalue weighted by molar-refractivity contribution is 0.358. The summed E-state index contributed by atoms with van der Waals surface area (Å²) in [5.41, 5.74) is 8.81. The Balaban J connectivity index is 2.19. The van der Waals surface area contributed by atoms with Crippen LogP contribution in [0.5, 0.6) is 5.75 Å². The van der Waals surface area contributed by atoms with Crippen LogP contribution in [0, 0.1) is 6.92 Å². The van der Waals surface area contributed by atoms with Gasteiger partial charge in [-0.15, -0.1) is 0 Å². The summed E-state index contributed by atoms with van der Waals surface area (Å²) in [7, 11) is 0. The van der Waals surface area contributed by atoms with Crippen LogP contribution in [0.4, 0.5) is 5.82 Å². The summed E-state index contributed by atoms with van der Waals surface area (Å²) in [4.78, 5) is 8.49. The zero-order chi connectivity index (χ0) is 11.8. The number of benzene rings is 1. The standard InChI is InChI=1S/C13H13N3O/c1-8-15-11(7-12(14)16-8)10-4-2-3-9-5-6-17-13(9)10/h2-4,7H,5-6H2,1H3,(H2,14,15,16). The van der Waals surface area contributed by atoms with Crippen molar-refractivity contribution in [2.24, 2.45) is 0 Å². The van der Waals surface area contributed by atoms with Gasteiger partial charge in [0, 0.05) is 18.1 Å². The van der Waals surface area contributed by atoms with E-state index in [2.05, 4.69) is 16.0 Å². The highest BCUT2D eigenvalue weighted by Crippen LogP contribution is 2.36. The molecule has 0 fully saturated rings. The molecule has 4 nitrogen and oxygen atoms in total. The minimum absolute atomic E-state index is 0.489. The summed E-state index contributed by atoms with van der Waals surface area (Å²) in [5.74, 6) is 2.10. The maximum atomic E-state index is 5.75. The van der Waals surface area contributed by atoms with Gasteiger partial charge < -0.3 is 10.5 Å². The zero-order valence-corrected chi connectivity index (χ0v) is 9.60. The molecule has 0 saturated carbocycles. The van der Waals surface area contributed by atoms with Crippen LogP contribution in [0.25, 0.3) is 11.3 Å². The maximum Gasteiger partial charge on any atom is 0.132 e. The fourth-order valence-electron chi connectivity index (χ4n) is 2.15. The van der Waals surface area contributed by atoms with Crippen molar-refractivity contribution in [3.63, 3.8) is 0 Å². The Morgan fingerprint density at radius 3 is 3.00 bits per heavy atom. The normalized spacial score (nSPS) is 13.2. The minimum atomic E-state index is 0.489. The molecule has 4 heteroatoms. The van der Waals surface area contributed by atoms with Crippen molar-refractivity contribution < 1.29 is 4.74 Å². The minimum Gasteiger partial charge on any atom is -0.492 e. The SMILES string of the molecule is Cc1nc(N)cc(-c2cccc3c2OCC3)n1. The number of hydrogen-bond donors (Lipinski definition) is 1. The van der Waals surface area contributed by atoms with Crippen molar-refractivity contribution in [2.45, 2.75) is 13.3 Å². The number of aromatic nitrogens is 2. The van der Waals surface area contributed by atoms with E-state index in [4.69, 9.17) is 10.5 Å². The van der Waals surface area contributed by atoms with Gasteiger partial charge in [-0.3, -0.25) is 0 Å². The van der Waals surface area contributed by atoms with Crippen LogP contribution >= 0.6 is 0 Å². The summed E-state index contributed by atoms with van der Waals surface area (Å²) in [6, 6.07) is 7.90. The van der Waals surface area contributed by atoms with Crippen molar-refractivity contribution in [3.8, 4) is 17.0 Å². The van der Waals surface area contributed by atoms with Crippen LogP contribution in [-0.4, -0.2) is 16.6 Å². The Bertz CT molecular complexity index is 561. The maximum absolute atomic E-state index is 5.75. The van der Waals surface area contributed by atoms with E-state index in [0.29, 0.717) is 11.6 Å². The highest BCUT2D eigenvalue weighted by Gasteiger charge is 2.18. The number of nitrogens with two attached hydrogens (primary N) is 1. The van der Waals surface area contributed by atoms with Gasteiger partial charge in [-0.25, -0.2) is 9.97 Å². The van der Waals surface area contributed by atoms with E-state index in [9.17, 15) is 0 Å². The van der Waals surface area contributed by atoms with Crippen molar-refractivity contribution in [3.05, 3.63) is 35.7 Å². The molecular formula is C13H13N3O. The lowest BCUT2D eigenvalue weighted by Gasteiger charge is -2.08. The van der Waals surface area contributed by atoms with Gasteiger partial charge in [0.1, 0.15) is 17.4 Å². The van der Waals surface area contributed by atoms with Gasteiger partial charge in [0.25, 0.3) is 0 Å². The molecule has 0 saturated heterocycles. The first kappa shape index (κ1) is 10.1. The average molecular weight is 227 g/mol. The predicted molar refractivity (Wildman–Crippen MR) is 65.8 cm³/mol. The Morgan fingerprint density at radius 1 is 1.29 bits per heavy atom. The zero-order valence-electron chi connectivity index (χ0n) is 9.60. The lowest BCUT2D eigenvalue weighted by atomic mass is 10.1. The van der Waals surface area contributed by atoms with Crippen molar-refractivity contribution in [1.29, 1.82) is 0 Å². The molecule has 0 atom stereocenters. The van der Waals surface area contributed by atoms with Gasteiger partial charge in [0.15, 0.2) is 0 Å². The molecule has 2 aromatic rings. The monoisotopic (exact) mass is 227 g/mol. The van der Waals surface area contributed by atoms with Gasteiger partial charge in [-0.2, -0.15) is 0 Å². The van der Waals surface area contributed by atoms with Gasteiger partial charge in [0.05, 0.1) is 12.3 Å². The summed E-state index contributed by atoms with van der Waals surface area (Å²) in [6.45, 7) is 2.58. The van der Waals surface area contributed by atoms with E-state index in [-0.39, 0.29) is 0 Å². The smallest absolute Gasteiger partial charge is 0.132 e. The topological polar surface area (TPSA) is 61.0 Å². The number of nitrogen functional groups attached to an aromatic ring is 1. The van der Waals surface area contributed by atoms with E-state index in [1.807, 2.05) is 19.1 Å². The number of fused-ring (bicyclic) bond motifs is 1. The highest BCUT2D eigenvalue weighted by molar-refractivity contribution is 5.71. The Kier molecular flexibility index (Phi) is 2.21. The Morgan fingerprint density at radius 2 is 2.18 bits per heavy atom. The molecule has 1 aliphatic rings. The fourth-order valence-corrected chi connectivity index (χ4v) is 2.15. The van der Waals surface area contributed by atoms with Crippen molar-refractivity contribution in [2.75, 3.05) is 12.3 Å². The molecule has 2 N–H and O–H groups in total. The van der Waals surface area contributed by atoms with E-state index in [1.54, 1.807) is 6.07 Å². The second kappa shape index (κ2) is 3.73. The molecule has 86 valence electrons. The number of anilines is 1. The molecule has 0 spiro atoms. The molecule has 17 heavy (non-hydrogen) atoms. The first-order chi connectivity index (χ1) is 8.24. The molecule has 0 unspecified atom stereocenters.